The van der Waals surface area contributed by atoms with Crippen molar-refractivity contribution in [3.8, 4) is 16.9 Å². The maximum absolute atomic E-state index is 15.1. The molecule has 0 aliphatic heterocycles. The van der Waals surface area contributed by atoms with Gasteiger partial charge in [0.25, 0.3) is 0 Å². The summed E-state index contributed by atoms with van der Waals surface area (Å²) < 4.78 is 49.3. The SMILES string of the molecule is C=CCCc1ccc(-c2ccc3cc(OCC=CC)c(F)c(F)c3c2F)cc1. The molecular weight excluding hydrogens is 361 g/mol. The molecule has 4 heteroatoms. The molecule has 0 saturated heterocycles. The average Bonchev–Trinajstić information content (AvgIpc) is 2.71. The van der Waals surface area contributed by atoms with E-state index in [1.807, 2.05) is 18.2 Å². The largest absolute Gasteiger partial charge is 0.486 e. The molecule has 0 amide bonds. The lowest BCUT2D eigenvalue weighted by molar-refractivity contribution is 0.334. The van der Waals surface area contributed by atoms with E-state index < -0.39 is 17.5 Å². The Labute approximate surface area is 162 Å². The molecule has 0 radical (unpaired) electrons. The van der Waals surface area contributed by atoms with Gasteiger partial charge in [0.05, 0.1) is 5.39 Å². The van der Waals surface area contributed by atoms with E-state index in [9.17, 15) is 8.78 Å². The summed E-state index contributed by atoms with van der Waals surface area (Å²) in [6.07, 6.45) is 6.95. The first-order chi connectivity index (χ1) is 13.6. The van der Waals surface area contributed by atoms with E-state index in [0.717, 1.165) is 18.4 Å². The van der Waals surface area contributed by atoms with E-state index in [4.69, 9.17) is 4.74 Å². The Hall–Kier alpha value is -3.01. The van der Waals surface area contributed by atoms with Crippen LogP contribution in [0, 0.1) is 17.5 Å². The van der Waals surface area contributed by atoms with Gasteiger partial charge < -0.3 is 4.74 Å². The van der Waals surface area contributed by atoms with Gasteiger partial charge in [-0.3, -0.25) is 0 Å². The topological polar surface area (TPSA) is 9.23 Å². The number of rotatable bonds is 7. The van der Waals surface area contributed by atoms with Crippen LogP contribution in [-0.4, -0.2) is 6.61 Å². The minimum atomic E-state index is -1.24. The predicted molar refractivity (Wildman–Crippen MR) is 108 cm³/mol. The van der Waals surface area contributed by atoms with Crippen LogP contribution in [0.4, 0.5) is 13.2 Å². The Morgan fingerprint density at radius 1 is 0.964 bits per heavy atom. The third-order valence-corrected chi connectivity index (χ3v) is 4.56. The maximum atomic E-state index is 15.1. The van der Waals surface area contributed by atoms with Gasteiger partial charge in [-0.2, -0.15) is 4.39 Å². The van der Waals surface area contributed by atoms with E-state index in [1.165, 1.54) is 6.07 Å². The number of hydrogen-bond acceptors (Lipinski definition) is 1. The van der Waals surface area contributed by atoms with Crippen LogP contribution in [0.2, 0.25) is 0 Å². The fraction of sp³-hybridized carbons (Fsp3) is 0.167. The molecule has 0 unspecified atom stereocenters. The summed E-state index contributed by atoms with van der Waals surface area (Å²) in [5.41, 5.74) is 1.93. The van der Waals surface area contributed by atoms with Crippen LogP contribution in [0.5, 0.6) is 5.75 Å². The van der Waals surface area contributed by atoms with Crippen molar-refractivity contribution in [2.24, 2.45) is 0 Å². The maximum Gasteiger partial charge on any atom is 0.201 e. The fourth-order valence-corrected chi connectivity index (χ4v) is 3.04. The summed E-state index contributed by atoms with van der Waals surface area (Å²) in [4.78, 5) is 0. The van der Waals surface area contributed by atoms with Crippen molar-refractivity contribution in [1.29, 1.82) is 0 Å². The lowest BCUT2D eigenvalue weighted by atomic mass is 9.98. The highest BCUT2D eigenvalue weighted by atomic mass is 19.2. The number of fused-ring (bicyclic) bond motifs is 1. The number of benzene rings is 3. The lowest BCUT2D eigenvalue weighted by Gasteiger charge is -2.12. The molecule has 144 valence electrons. The summed E-state index contributed by atoms with van der Waals surface area (Å²) in [7, 11) is 0. The van der Waals surface area contributed by atoms with Crippen LogP contribution < -0.4 is 4.74 Å². The highest BCUT2D eigenvalue weighted by Gasteiger charge is 2.20. The summed E-state index contributed by atoms with van der Waals surface area (Å²) >= 11 is 0. The molecule has 0 aliphatic rings. The number of hydrogen-bond donors (Lipinski definition) is 0. The highest BCUT2D eigenvalue weighted by Crippen LogP contribution is 2.35. The van der Waals surface area contributed by atoms with Crippen LogP contribution in [0.15, 0.2) is 67.3 Å². The zero-order valence-electron chi connectivity index (χ0n) is 15.6. The third-order valence-electron chi connectivity index (χ3n) is 4.56. The molecule has 0 N–H and O–H groups in total. The summed E-state index contributed by atoms with van der Waals surface area (Å²) in [6.45, 7) is 5.60. The quantitative estimate of drug-likeness (QED) is 0.400. The van der Waals surface area contributed by atoms with Gasteiger partial charge in [0.2, 0.25) is 5.82 Å². The van der Waals surface area contributed by atoms with Crippen molar-refractivity contribution in [3.05, 3.63) is 90.3 Å². The normalized spacial score (nSPS) is 11.3. The zero-order chi connectivity index (χ0) is 20.1. The predicted octanol–water partition coefficient (Wildman–Crippen LogP) is 7.00. The van der Waals surface area contributed by atoms with Gasteiger partial charge in [0.1, 0.15) is 12.4 Å². The van der Waals surface area contributed by atoms with E-state index in [-0.39, 0.29) is 28.7 Å². The minimum Gasteiger partial charge on any atom is -0.486 e. The van der Waals surface area contributed by atoms with E-state index in [2.05, 4.69) is 6.58 Å². The number of ether oxygens (including phenoxy) is 1. The van der Waals surface area contributed by atoms with Crippen molar-refractivity contribution in [1.82, 2.24) is 0 Å². The Balaban J connectivity index is 2.02. The smallest absolute Gasteiger partial charge is 0.201 e. The number of allylic oxidation sites excluding steroid dienone is 2. The standard InChI is InChI=1S/C24H21F3O/c1-3-5-7-16-8-10-17(11-9-16)19-13-12-18-15-20(28-14-6-4-2)23(26)24(27)21(18)22(19)25/h3-4,6,8-13,15H,1,5,7,14H2,2H3. The van der Waals surface area contributed by atoms with E-state index >= 15 is 4.39 Å². The second-order valence-electron chi connectivity index (χ2n) is 6.43. The second kappa shape index (κ2) is 8.79. The van der Waals surface area contributed by atoms with Crippen molar-refractivity contribution >= 4 is 10.8 Å². The van der Waals surface area contributed by atoms with Crippen LogP contribution in [0.1, 0.15) is 18.9 Å². The Bertz CT molecular complexity index is 1020. The average molecular weight is 382 g/mol. The van der Waals surface area contributed by atoms with Crippen molar-refractivity contribution in [2.75, 3.05) is 6.61 Å². The molecule has 0 saturated carbocycles. The first-order valence-corrected chi connectivity index (χ1v) is 9.11. The first kappa shape index (κ1) is 19.7. The van der Waals surface area contributed by atoms with Gasteiger partial charge in [-0.05, 0) is 42.3 Å². The van der Waals surface area contributed by atoms with Gasteiger partial charge in [0.15, 0.2) is 11.6 Å². The molecule has 0 aromatic heterocycles. The van der Waals surface area contributed by atoms with Gasteiger partial charge in [-0.15, -0.1) is 6.58 Å². The highest BCUT2D eigenvalue weighted by molar-refractivity contribution is 5.90. The lowest BCUT2D eigenvalue weighted by Crippen LogP contribution is -2.00. The molecule has 3 aromatic rings. The summed E-state index contributed by atoms with van der Waals surface area (Å²) in [5.74, 6) is -3.45. The Morgan fingerprint density at radius 2 is 1.71 bits per heavy atom. The molecule has 1 nitrogen and oxygen atoms in total. The van der Waals surface area contributed by atoms with Crippen molar-refractivity contribution < 1.29 is 17.9 Å². The molecule has 28 heavy (non-hydrogen) atoms. The first-order valence-electron chi connectivity index (χ1n) is 9.11. The van der Waals surface area contributed by atoms with Crippen molar-refractivity contribution in [2.45, 2.75) is 19.8 Å². The molecule has 0 aliphatic carbocycles. The van der Waals surface area contributed by atoms with Crippen LogP contribution in [-0.2, 0) is 6.42 Å². The molecule has 0 fully saturated rings. The minimum absolute atomic E-state index is 0.108. The Kier molecular flexibility index (Phi) is 6.19. The third kappa shape index (κ3) is 3.96. The molecule has 0 heterocycles. The van der Waals surface area contributed by atoms with E-state index in [0.29, 0.717) is 5.56 Å². The van der Waals surface area contributed by atoms with Gasteiger partial charge >= 0.3 is 0 Å². The van der Waals surface area contributed by atoms with Gasteiger partial charge in [-0.25, -0.2) is 8.78 Å². The second-order valence-corrected chi connectivity index (χ2v) is 6.43. The van der Waals surface area contributed by atoms with Crippen LogP contribution in [0.3, 0.4) is 0 Å². The number of aryl methyl sites for hydroxylation is 1. The molecule has 3 rings (SSSR count). The van der Waals surface area contributed by atoms with Gasteiger partial charge in [0, 0.05) is 5.56 Å². The van der Waals surface area contributed by atoms with Crippen LogP contribution in [0.25, 0.3) is 21.9 Å². The monoisotopic (exact) mass is 382 g/mol. The molecular formula is C24H21F3O. The van der Waals surface area contributed by atoms with E-state index in [1.54, 1.807) is 43.3 Å². The van der Waals surface area contributed by atoms with Crippen molar-refractivity contribution in [3.63, 3.8) is 0 Å². The summed E-state index contributed by atoms with van der Waals surface area (Å²) in [6, 6.07) is 11.8. The molecule has 0 spiro atoms. The van der Waals surface area contributed by atoms with Gasteiger partial charge in [-0.1, -0.05) is 54.6 Å². The molecule has 0 bridgehead atoms. The van der Waals surface area contributed by atoms with Crippen LogP contribution >= 0.6 is 0 Å². The number of halogens is 3. The molecule has 3 aromatic carbocycles. The molecule has 0 atom stereocenters. The summed E-state index contributed by atoms with van der Waals surface area (Å²) in [5, 5.41) is -0.123. The fourth-order valence-electron chi connectivity index (χ4n) is 3.04. The zero-order valence-corrected chi connectivity index (χ0v) is 15.6. The Morgan fingerprint density at radius 3 is 2.39 bits per heavy atom.